The summed E-state index contributed by atoms with van der Waals surface area (Å²) in [5, 5.41) is 3.99. The molecule has 3 rings (SSSR count). The fourth-order valence-corrected chi connectivity index (χ4v) is 3.05. The fourth-order valence-electron chi connectivity index (χ4n) is 3.05. The van der Waals surface area contributed by atoms with Crippen LogP contribution in [0.4, 0.5) is 0 Å². The number of carbonyl (C=O) groups excluding carboxylic acids is 1. The second-order valence-electron chi connectivity index (χ2n) is 7.02. The van der Waals surface area contributed by atoms with Crippen LogP contribution in [0.25, 0.3) is 0 Å². The van der Waals surface area contributed by atoms with Gasteiger partial charge in [0.05, 0.1) is 20.4 Å². The van der Waals surface area contributed by atoms with E-state index in [-0.39, 0.29) is 5.91 Å². The summed E-state index contributed by atoms with van der Waals surface area (Å²) < 4.78 is 22.5. The van der Waals surface area contributed by atoms with E-state index in [4.69, 9.17) is 18.9 Å². The Morgan fingerprint density at radius 3 is 2.24 bits per heavy atom. The van der Waals surface area contributed by atoms with Gasteiger partial charge < -0.3 is 18.9 Å². The summed E-state index contributed by atoms with van der Waals surface area (Å²) in [5.74, 6) is 2.09. The van der Waals surface area contributed by atoms with Crippen molar-refractivity contribution in [2.24, 2.45) is 5.10 Å². The summed E-state index contributed by atoms with van der Waals surface area (Å²) >= 11 is 0. The third-order valence-electron chi connectivity index (χ3n) is 4.72. The molecule has 0 saturated heterocycles. The zero-order valence-corrected chi connectivity index (χ0v) is 19.2. The molecule has 1 heterocycles. The van der Waals surface area contributed by atoms with Crippen molar-refractivity contribution in [1.82, 2.24) is 10.4 Å². The normalized spacial score (nSPS) is 10.5. The number of hydrogen-bond donors (Lipinski definition) is 1. The van der Waals surface area contributed by atoms with Gasteiger partial charge in [-0.2, -0.15) is 5.10 Å². The van der Waals surface area contributed by atoms with E-state index in [1.54, 1.807) is 50.9 Å². The van der Waals surface area contributed by atoms with Crippen LogP contribution in [0.3, 0.4) is 0 Å². The molecule has 1 aromatic heterocycles. The van der Waals surface area contributed by atoms with Crippen molar-refractivity contribution in [1.29, 1.82) is 0 Å². The monoisotopic (exact) mass is 461 g/mol. The molecule has 1 N–H and O–H groups in total. The van der Waals surface area contributed by atoms with Crippen molar-refractivity contribution >= 4 is 12.1 Å². The molecule has 0 spiro atoms. The Hall–Kier alpha value is -4.33. The number of allylic oxidation sites excluding steroid dienone is 1. The van der Waals surface area contributed by atoms with Gasteiger partial charge in [0, 0.05) is 18.0 Å². The molecule has 1 amide bonds. The highest BCUT2D eigenvalue weighted by atomic mass is 16.5. The predicted molar refractivity (Wildman–Crippen MR) is 130 cm³/mol. The van der Waals surface area contributed by atoms with Crippen LogP contribution in [0.2, 0.25) is 0 Å². The lowest BCUT2D eigenvalue weighted by atomic mass is 10.1. The molecule has 0 aliphatic heterocycles. The van der Waals surface area contributed by atoms with Crippen LogP contribution in [-0.4, -0.2) is 44.5 Å². The smallest absolute Gasteiger partial charge is 0.271 e. The maximum absolute atomic E-state index is 12.0. The Bertz CT molecular complexity index is 1130. The molecule has 0 unspecified atom stereocenters. The van der Waals surface area contributed by atoms with E-state index >= 15 is 0 Å². The maximum atomic E-state index is 12.0. The topological polar surface area (TPSA) is 91.3 Å². The predicted octanol–water partition coefficient (Wildman–Crippen LogP) is 4.05. The number of hydrogen-bond acceptors (Lipinski definition) is 7. The number of methoxy groups -OCH3 is 2. The summed E-state index contributed by atoms with van der Waals surface area (Å²) in [6.45, 7) is 4.38. The molecule has 176 valence electrons. The number of ether oxygens (including phenoxy) is 4. The van der Waals surface area contributed by atoms with E-state index in [0.717, 1.165) is 17.5 Å². The van der Waals surface area contributed by atoms with Crippen molar-refractivity contribution in [3.63, 3.8) is 0 Å². The van der Waals surface area contributed by atoms with Gasteiger partial charge in [0.2, 0.25) is 0 Å². The Morgan fingerprint density at radius 2 is 1.59 bits per heavy atom. The number of pyridine rings is 1. The number of nitrogens with zero attached hydrogens (tertiary/aromatic N) is 2. The number of aromatic nitrogens is 1. The minimum absolute atomic E-state index is 0.309. The number of amides is 1. The minimum Gasteiger partial charge on any atom is -0.493 e. The van der Waals surface area contributed by atoms with Crippen LogP contribution in [0, 0.1) is 0 Å². The van der Waals surface area contributed by atoms with Crippen molar-refractivity contribution in [2.75, 3.05) is 27.4 Å². The molecular weight excluding hydrogens is 434 g/mol. The molecule has 0 bridgehead atoms. The van der Waals surface area contributed by atoms with Crippen LogP contribution in [0.1, 0.15) is 21.5 Å². The third-order valence-corrected chi connectivity index (χ3v) is 4.72. The van der Waals surface area contributed by atoms with Crippen molar-refractivity contribution in [3.8, 4) is 23.0 Å². The Kier molecular flexibility index (Phi) is 9.04. The Labute approximate surface area is 198 Å². The first-order valence-electron chi connectivity index (χ1n) is 10.6. The quantitative estimate of drug-likeness (QED) is 0.189. The second-order valence-corrected chi connectivity index (χ2v) is 7.02. The highest BCUT2D eigenvalue weighted by Crippen LogP contribution is 2.29. The molecule has 0 fully saturated rings. The van der Waals surface area contributed by atoms with Gasteiger partial charge in [-0.1, -0.05) is 12.1 Å². The van der Waals surface area contributed by atoms with Gasteiger partial charge in [0.15, 0.2) is 23.0 Å². The summed E-state index contributed by atoms with van der Waals surface area (Å²) in [6, 6.07) is 14.3. The summed E-state index contributed by atoms with van der Waals surface area (Å²) in [6.07, 6.45) is 7.22. The second kappa shape index (κ2) is 12.6. The van der Waals surface area contributed by atoms with Crippen molar-refractivity contribution in [2.45, 2.75) is 6.42 Å². The zero-order valence-electron chi connectivity index (χ0n) is 19.2. The largest absolute Gasteiger partial charge is 0.493 e. The minimum atomic E-state index is -0.322. The molecule has 3 aromatic rings. The number of carbonyl (C=O) groups is 1. The maximum Gasteiger partial charge on any atom is 0.271 e. The Balaban J connectivity index is 1.53. The van der Waals surface area contributed by atoms with Crippen molar-refractivity contribution < 1.29 is 23.7 Å². The summed E-state index contributed by atoms with van der Waals surface area (Å²) in [4.78, 5) is 15.9. The molecule has 0 aliphatic rings. The number of rotatable bonds is 12. The van der Waals surface area contributed by atoms with E-state index in [2.05, 4.69) is 22.1 Å². The van der Waals surface area contributed by atoms with Gasteiger partial charge in [0.25, 0.3) is 5.91 Å². The van der Waals surface area contributed by atoms with Crippen molar-refractivity contribution in [3.05, 3.63) is 90.3 Å². The highest BCUT2D eigenvalue weighted by molar-refractivity contribution is 5.94. The van der Waals surface area contributed by atoms with Gasteiger partial charge in [-0.3, -0.25) is 9.78 Å². The van der Waals surface area contributed by atoms with E-state index in [0.29, 0.717) is 41.8 Å². The van der Waals surface area contributed by atoms with Gasteiger partial charge in [-0.05, 0) is 60.0 Å². The summed E-state index contributed by atoms with van der Waals surface area (Å²) in [7, 11) is 3.16. The van der Waals surface area contributed by atoms with E-state index < -0.39 is 0 Å². The first-order valence-corrected chi connectivity index (χ1v) is 10.6. The molecule has 8 heteroatoms. The lowest BCUT2D eigenvalue weighted by Crippen LogP contribution is -2.17. The third kappa shape index (κ3) is 6.83. The number of benzene rings is 2. The first-order chi connectivity index (χ1) is 16.6. The first kappa shape index (κ1) is 24.3. The van der Waals surface area contributed by atoms with Gasteiger partial charge in [0.1, 0.15) is 13.2 Å². The SMILES string of the molecule is C=CCc1ccc(OCCOc2ccc(/C=N\NC(=O)c3ccncc3)cc2OC)c(OC)c1. The molecule has 0 radical (unpaired) electrons. The molecule has 2 aromatic carbocycles. The van der Waals surface area contributed by atoms with Crippen LogP contribution in [0.15, 0.2) is 78.7 Å². The van der Waals surface area contributed by atoms with Gasteiger partial charge in [-0.15, -0.1) is 6.58 Å². The molecule has 34 heavy (non-hydrogen) atoms. The van der Waals surface area contributed by atoms with Crippen LogP contribution in [-0.2, 0) is 6.42 Å². The van der Waals surface area contributed by atoms with Crippen LogP contribution in [0.5, 0.6) is 23.0 Å². The van der Waals surface area contributed by atoms with E-state index in [1.807, 2.05) is 30.3 Å². The Morgan fingerprint density at radius 1 is 0.941 bits per heavy atom. The molecule has 0 saturated carbocycles. The van der Waals surface area contributed by atoms with E-state index in [1.165, 1.54) is 6.21 Å². The summed E-state index contributed by atoms with van der Waals surface area (Å²) in [5.41, 5.74) is 4.78. The number of nitrogens with one attached hydrogen (secondary N) is 1. The zero-order chi connectivity index (χ0) is 24.2. The molecule has 0 aliphatic carbocycles. The van der Waals surface area contributed by atoms with Gasteiger partial charge in [-0.25, -0.2) is 5.43 Å². The number of hydrazone groups is 1. The lowest BCUT2D eigenvalue weighted by Gasteiger charge is -2.14. The lowest BCUT2D eigenvalue weighted by molar-refractivity contribution is 0.0955. The standard InChI is InChI=1S/C26H27N3O5/c1-4-5-19-6-8-22(24(16-19)31-2)33-14-15-34-23-9-7-20(17-25(23)32-3)18-28-29-26(30)21-10-12-27-13-11-21/h4,6-13,16-18H,1,5,14-15H2,2-3H3,(H,29,30)/b28-18-. The van der Waals surface area contributed by atoms with E-state index in [9.17, 15) is 4.79 Å². The molecule has 0 atom stereocenters. The van der Waals surface area contributed by atoms with Crippen LogP contribution < -0.4 is 24.4 Å². The fraction of sp³-hybridized carbons (Fsp3) is 0.192. The average Bonchev–Trinajstić information content (AvgIpc) is 2.88. The average molecular weight is 462 g/mol. The molecule has 8 nitrogen and oxygen atoms in total. The highest BCUT2D eigenvalue weighted by Gasteiger charge is 2.08. The van der Waals surface area contributed by atoms with Crippen LogP contribution >= 0.6 is 0 Å². The molecular formula is C26H27N3O5. The van der Waals surface area contributed by atoms with Gasteiger partial charge >= 0.3 is 0 Å².